The Labute approximate surface area is 557 Å². The Morgan fingerprint density at radius 2 is 0.635 bits per heavy atom. The second kappa shape index (κ2) is 20.2. The molecule has 21 rings (SSSR count). The Bertz CT molecular complexity index is 6200. The Morgan fingerprint density at radius 1 is 0.219 bits per heavy atom. The summed E-state index contributed by atoms with van der Waals surface area (Å²) in [7, 11) is 0. The molecular weight excluding hydrogens is 1160 g/mol. The Hall–Kier alpha value is -12.2. The van der Waals surface area contributed by atoms with Gasteiger partial charge in [-0.25, -0.2) is 0 Å². The molecule has 0 radical (unpaired) electrons. The lowest BCUT2D eigenvalue weighted by atomic mass is 9.70. The molecule has 1 heterocycles. The summed E-state index contributed by atoms with van der Waals surface area (Å²) in [4.78, 5) is 0. The van der Waals surface area contributed by atoms with Crippen molar-refractivity contribution in [2.24, 2.45) is 0 Å². The SMILES string of the molecule is CCn1c2ccccc2c2ccc(-c3cc(-c4ccccc4)c4c(c3-c3ccccc3)-c3cccc5c(-c6ccc7c(c6)-c6ccccc6C76c7ccccc7-c7ccc(-c8cc(-c9ccccc9)c9c(c8-c8ccccc8)-c8cccc%10cccc-9c8%10)cc76)ccc-4c35)cc21. The number of nitrogens with zero attached hydrogens (tertiary/aromatic N) is 1. The zero-order valence-electron chi connectivity index (χ0n) is 52.8. The lowest BCUT2D eigenvalue weighted by Crippen LogP contribution is -2.25. The van der Waals surface area contributed by atoms with Crippen molar-refractivity contribution in [1.29, 1.82) is 0 Å². The van der Waals surface area contributed by atoms with Crippen LogP contribution in [0.15, 0.2) is 328 Å². The van der Waals surface area contributed by atoms with Crippen LogP contribution in [0, 0.1) is 0 Å². The van der Waals surface area contributed by atoms with E-state index in [0.717, 1.165) is 6.54 Å². The van der Waals surface area contributed by atoms with Crippen molar-refractivity contribution >= 4 is 43.4 Å². The van der Waals surface area contributed by atoms with E-state index in [9.17, 15) is 0 Å². The van der Waals surface area contributed by atoms with Crippen LogP contribution >= 0.6 is 0 Å². The van der Waals surface area contributed by atoms with E-state index in [4.69, 9.17) is 0 Å². The van der Waals surface area contributed by atoms with Crippen molar-refractivity contribution in [1.82, 2.24) is 4.57 Å². The summed E-state index contributed by atoms with van der Waals surface area (Å²) in [6.45, 7) is 3.15. The van der Waals surface area contributed by atoms with Crippen LogP contribution in [-0.2, 0) is 12.0 Å². The molecule has 1 nitrogen and oxygen atoms in total. The number of benzene rings is 16. The summed E-state index contributed by atoms with van der Waals surface area (Å²) < 4.78 is 2.48. The van der Waals surface area contributed by atoms with Gasteiger partial charge in [-0.2, -0.15) is 0 Å². The van der Waals surface area contributed by atoms with Crippen molar-refractivity contribution in [2.45, 2.75) is 18.9 Å². The standard InChI is InChI=1S/C95H59N/c1-2-96-85-43-20-17-36-69(85)70-48-45-64(54-86(70)96)79-56-77(58-26-9-4-10-27-58)92-75-50-49-65(71-37-23-40-74(90(71)75)94(92)89(79)61-30-13-6-14-31-61)62-46-51-83-80(52-62)67-35-16-19-42-82(67)95(83)81-41-18-15-34-66(81)68-47-44-63(53-84(68)95)78-55-76(57-24-7-3-8-25-57)91-72-38-21-32-59-33-22-39-73(87(59)72)93(91)88(78)60-28-11-5-12-29-60/h3-56H,2H2,1H3. The summed E-state index contributed by atoms with van der Waals surface area (Å²) >= 11 is 0. The topological polar surface area (TPSA) is 4.93 Å². The molecule has 0 bridgehead atoms. The van der Waals surface area contributed by atoms with E-state index in [0.29, 0.717) is 0 Å². The van der Waals surface area contributed by atoms with Gasteiger partial charge in [0.2, 0.25) is 0 Å². The molecule has 1 aromatic heterocycles. The quantitative estimate of drug-likeness (QED) is 0.143. The van der Waals surface area contributed by atoms with Crippen LogP contribution in [0.2, 0.25) is 0 Å². The van der Waals surface area contributed by atoms with Gasteiger partial charge in [0.05, 0.1) is 5.41 Å². The minimum Gasteiger partial charge on any atom is -0.341 e. The van der Waals surface area contributed by atoms with Crippen LogP contribution < -0.4 is 0 Å². The fraction of sp³-hybridized carbons (Fsp3) is 0.0316. The van der Waals surface area contributed by atoms with E-state index < -0.39 is 5.41 Å². The third-order valence-corrected chi connectivity index (χ3v) is 22.1. The molecule has 96 heavy (non-hydrogen) atoms. The maximum absolute atomic E-state index is 2.59. The molecule has 16 aromatic carbocycles. The number of fused-ring (bicyclic) bond motifs is 19. The molecule has 1 spiro atoms. The highest BCUT2D eigenvalue weighted by atomic mass is 15.0. The highest BCUT2D eigenvalue weighted by Crippen LogP contribution is 2.66. The predicted octanol–water partition coefficient (Wildman–Crippen LogP) is 25.4. The van der Waals surface area contributed by atoms with E-state index in [-0.39, 0.29) is 0 Å². The highest BCUT2D eigenvalue weighted by molar-refractivity contribution is 6.26. The smallest absolute Gasteiger partial charge is 0.0725 e. The summed E-state index contributed by atoms with van der Waals surface area (Å²) in [6.07, 6.45) is 0. The number of para-hydroxylation sites is 1. The van der Waals surface area contributed by atoms with Gasteiger partial charge < -0.3 is 4.57 Å². The molecule has 1 unspecified atom stereocenters. The van der Waals surface area contributed by atoms with Crippen LogP contribution in [0.5, 0.6) is 0 Å². The maximum Gasteiger partial charge on any atom is 0.0725 e. The second-order valence-electron chi connectivity index (χ2n) is 26.6. The molecule has 17 aromatic rings. The normalized spacial score (nSPS) is 14.0. The average Bonchev–Trinajstić information content (AvgIpc) is 1.51. The molecule has 0 saturated carbocycles. The van der Waals surface area contributed by atoms with Crippen molar-refractivity contribution < 1.29 is 0 Å². The minimum absolute atomic E-state index is 0.583. The number of hydrogen-bond donors (Lipinski definition) is 0. The van der Waals surface area contributed by atoms with Crippen LogP contribution in [-0.4, -0.2) is 4.57 Å². The number of aryl methyl sites for hydroxylation is 1. The van der Waals surface area contributed by atoms with Gasteiger partial charge in [-0.15, -0.1) is 0 Å². The van der Waals surface area contributed by atoms with Crippen molar-refractivity contribution in [2.75, 3.05) is 0 Å². The maximum atomic E-state index is 2.59. The number of aromatic nitrogens is 1. The molecule has 4 aliphatic carbocycles. The van der Waals surface area contributed by atoms with Crippen LogP contribution in [0.3, 0.4) is 0 Å². The fourth-order valence-electron chi connectivity index (χ4n) is 18.3. The highest BCUT2D eigenvalue weighted by Gasteiger charge is 2.52. The zero-order chi connectivity index (χ0) is 62.9. The largest absolute Gasteiger partial charge is 0.341 e. The van der Waals surface area contributed by atoms with Crippen molar-refractivity contribution in [3.8, 4) is 145 Å². The van der Waals surface area contributed by atoms with Gasteiger partial charge in [0.1, 0.15) is 0 Å². The first-order valence-corrected chi connectivity index (χ1v) is 33.9. The van der Waals surface area contributed by atoms with Gasteiger partial charge in [-0.05, 0) is 232 Å². The summed E-state index contributed by atoms with van der Waals surface area (Å²) in [5.41, 5.74) is 40.0. The molecule has 0 amide bonds. The lowest BCUT2D eigenvalue weighted by Gasteiger charge is -2.31. The van der Waals surface area contributed by atoms with E-state index in [1.165, 1.54) is 210 Å². The Kier molecular flexibility index (Phi) is 11.2. The molecule has 1 heteroatoms. The Morgan fingerprint density at radius 3 is 1.27 bits per heavy atom. The first kappa shape index (κ1) is 53.4. The summed E-state index contributed by atoms with van der Waals surface area (Å²) in [5, 5.41) is 7.74. The predicted molar refractivity (Wildman–Crippen MR) is 403 cm³/mol. The third kappa shape index (κ3) is 7.18. The van der Waals surface area contributed by atoms with Crippen LogP contribution in [0.4, 0.5) is 0 Å². The Balaban J connectivity index is 0.772. The van der Waals surface area contributed by atoms with Gasteiger partial charge in [0, 0.05) is 28.4 Å². The van der Waals surface area contributed by atoms with E-state index >= 15 is 0 Å². The van der Waals surface area contributed by atoms with Gasteiger partial charge in [0.25, 0.3) is 0 Å². The minimum atomic E-state index is -0.583. The van der Waals surface area contributed by atoms with E-state index in [1.807, 2.05) is 0 Å². The first-order chi connectivity index (χ1) is 47.6. The third-order valence-electron chi connectivity index (χ3n) is 22.1. The molecule has 0 aliphatic heterocycles. The number of hydrogen-bond acceptors (Lipinski definition) is 0. The molecule has 444 valence electrons. The lowest BCUT2D eigenvalue weighted by molar-refractivity contribution is 0.794. The molecular formula is C95H59N. The first-order valence-electron chi connectivity index (χ1n) is 33.9. The molecule has 4 aliphatic rings. The van der Waals surface area contributed by atoms with Crippen molar-refractivity contribution in [3.05, 3.63) is 350 Å². The zero-order valence-corrected chi connectivity index (χ0v) is 52.8. The monoisotopic (exact) mass is 1210 g/mol. The molecule has 0 saturated heterocycles. The number of rotatable bonds is 8. The van der Waals surface area contributed by atoms with Gasteiger partial charge in [-0.1, -0.05) is 291 Å². The molecule has 0 fully saturated rings. The van der Waals surface area contributed by atoms with E-state index in [1.54, 1.807) is 0 Å². The van der Waals surface area contributed by atoms with E-state index in [2.05, 4.69) is 339 Å². The van der Waals surface area contributed by atoms with Gasteiger partial charge in [-0.3, -0.25) is 0 Å². The van der Waals surface area contributed by atoms with Crippen LogP contribution in [0.1, 0.15) is 29.2 Å². The van der Waals surface area contributed by atoms with Crippen molar-refractivity contribution in [3.63, 3.8) is 0 Å². The summed E-state index contributed by atoms with van der Waals surface area (Å²) in [6, 6.07) is 125. The fourth-order valence-corrected chi connectivity index (χ4v) is 18.3. The van der Waals surface area contributed by atoms with Gasteiger partial charge >= 0.3 is 0 Å². The molecule has 1 atom stereocenters. The summed E-state index contributed by atoms with van der Waals surface area (Å²) in [5.74, 6) is 0. The van der Waals surface area contributed by atoms with Gasteiger partial charge in [0.15, 0.2) is 0 Å². The average molecular weight is 1210 g/mol. The molecule has 0 N–H and O–H groups in total. The second-order valence-corrected chi connectivity index (χ2v) is 26.6. The van der Waals surface area contributed by atoms with Crippen LogP contribution in [0.25, 0.3) is 188 Å².